The Hall–Kier alpha value is -1.69. The molecule has 0 radical (unpaired) electrons. The van der Waals surface area contributed by atoms with Gasteiger partial charge in [-0.25, -0.2) is 0 Å². The van der Waals surface area contributed by atoms with E-state index in [4.69, 9.17) is 9.15 Å². The maximum atomic E-state index is 13.1. The average molecular weight is 345 g/mol. The summed E-state index contributed by atoms with van der Waals surface area (Å²) in [7, 11) is 0. The summed E-state index contributed by atoms with van der Waals surface area (Å²) in [4.78, 5) is 8.01. The Kier molecular flexibility index (Phi) is 4.23. The van der Waals surface area contributed by atoms with Gasteiger partial charge in [0.2, 0.25) is 5.78 Å². The third kappa shape index (κ3) is 3.07. The second-order valence-electron chi connectivity index (χ2n) is 3.94. The van der Waals surface area contributed by atoms with Crippen molar-refractivity contribution in [3.63, 3.8) is 0 Å². The first-order valence-electron chi connectivity index (χ1n) is 5.87. The van der Waals surface area contributed by atoms with Gasteiger partial charge in [0, 0.05) is 5.56 Å². The van der Waals surface area contributed by atoms with Gasteiger partial charge in [0.1, 0.15) is 11.3 Å². The van der Waals surface area contributed by atoms with Crippen molar-refractivity contribution in [1.29, 1.82) is 0 Å². The molecule has 0 atom stereocenters. The van der Waals surface area contributed by atoms with E-state index < -0.39 is 10.6 Å². The molecule has 0 aliphatic heterocycles. The summed E-state index contributed by atoms with van der Waals surface area (Å²) in [5.41, 5.74) is 0.387. The standard InChI is InChI=1S/C14H11BrF2O3/c1-2-19-13-10(12(18)14(15,16)17)8-11(20-13)9-6-4-3-5-7-9/h3-8H,2H2,1H3. The summed E-state index contributed by atoms with van der Waals surface area (Å²) in [6, 6.07) is 10.1. The zero-order chi connectivity index (χ0) is 14.8. The van der Waals surface area contributed by atoms with Crippen LogP contribution in [0.2, 0.25) is 0 Å². The van der Waals surface area contributed by atoms with E-state index in [1.165, 1.54) is 6.07 Å². The number of carbonyl (C=O) groups excluding carboxylic acids is 1. The van der Waals surface area contributed by atoms with Crippen LogP contribution in [-0.2, 0) is 0 Å². The van der Waals surface area contributed by atoms with Crippen molar-refractivity contribution in [2.24, 2.45) is 0 Å². The van der Waals surface area contributed by atoms with E-state index in [0.29, 0.717) is 11.3 Å². The molecule has 0 spiro atoms. The molecule has 0 aliphatic rings. The van der Waals surface area contributed by atoms with Crippen LogP contribution in [0.1, 0.15) is 17.3 Å². The lowest BCUT2D eigenvalue weighted by atomic mass is 10.1. The average Bonchev–Trinajstić information content (AvgIpc) is 2.82. The molecule has 6 heteroatoms. The summed E-state index contributed by atoms with van der Waals surface area (Å²) in [5, 5.41) is 0. The van der Waals surface area contributed by atoms with E-state index in [-0.39, 0.29) is 18.1 Å². The first-order chi connectivity index (χ1) is 9.43. The number of furan rings is 1. The highest BCUT2D eigenvalue weighted by Gasteiger charge is 2.39. The summed E-state index contributed by atoms with van der Waals surface area (Å²) >= 11 is 2.05. The van der Waals surface area contributed by atoms with Crippen LogP contribution in [0.5, 0.6) is 5.95 Å². The third-order valence-electron chi connectivity index (χ3n) is 2.53. The molecule has 0 fully saturated rings. The van der Waals surface area contributed by atoms with Crippen LogP contribution < -0.4 is 4.74 Å². The third-order valence-corrected chi connectivity index (χ3v) is 2.89. The Morgan fingerprint density at radius 1 is 1.35 bits per heavy atom. The molecule has 1 aromatic heterocycles. The highest BCUT2D eigenvalue weighted by Crippen LogP contribution is 2.36. The van der Waals surface area contributed by atoms with E-state index >= 15 is 0 Å². The van der Waals surface area contributed by atoms with Crippen molar-refractivity contribution < 1.29 is 22.7 Å². The van der Waals surface area contributed by atoms with Gasteiger partial charge in [0.15, 0.2) is 0 Å². The van der Waals surface area contributed by atoms with Gasteiger partial charge >= 0.3 is 4.83 Å². The van der Waals surface area contributed by atoms with Crippen LogP contribution >= 0.6 is 15.9 Å². The van der Waals surface area contributed by atoms with Crippen LogP contribution in [0.3, 0.4) is 0 Å². The summed E-state index contributed by atoms with van der Waals surface area (Å²) in [6.07, 6.45) is 0. The molecule has 0 saturated heterocycles. The fourth-order valence-corrected chi connectivity index (χ4v) is 1.88. The molecule has 1 aromatic carbocycles. The van der Waals surface area contributed by atoms with Crippen molar-refractivity contribution in [1.82, 2.24) is 0 Å². The fourth-order valence-electron chi connectivity index (χ4n) is 1.67. The zero-order valence-electron chi connectivity index (χ0n) is 10.5. The largest absolute Gasteiger partial charge is 0.465 e. The zero-order valence-corrected chi connectivity index (χ0v) is 12.1. The second kappa shape index (κ2) is 5.75. The first kappa shape index (κ1) is 14.7. The topological polar surface area (TPSA) is 39.4 Å². The molecule has 2 rings (SSSR count). The quantitative estimate of drug-likeness (QED) is 0.591. The highest BCUT2D eigenvalue weighted by atomic mass is 79.9. The van der Waals surface area contributed by atoms with Gasteiger partial charge in [-0.05, 0) is 28.9 Å². The molecule has 3 nitrogen and oxygen atoms in total. The van der Waals surface area contributed by atoms with E-state index in [0.717, 1.165) is 0 Å². The number of benzene rings is 1. The molecular formula is C14H11BrF2O3. The number of hydrogen-bond acceptors (Lipinski definition) is 3. The maximum absolute atomic E-state index is 13.1. The minimum atomic E-state index is -3.66. The SMILES string of the molecule is CCOc1oc(-c2ccccc2)cc1C(=O)C(F)(F)Br. The van der Waals surface area contributed by atoms with Crippen LogP contribution in [0.4, 0.5) is 8.78 Å². The molecule has 2 aromatic rings. The Balaban J connectivity index is 2.46. The Labute approximate surface area is 122 Å². The van der Waals surface area contributed by atoms with Gasteiger partial charge in [-0.2, -0.15) is 8.78 Å². The van der Waals surface area contributed by atoms with Crippen molar-refractivity contribution >= 4 is 21.7 Å². The van der Waals surface area contributed by atoms with Gasteiger partial charge in [0.25, 0.3) is 5.95 Å². The predicted molar refractivity (Wildman–Crippen MR) is 73.5 cm³/mol. The molecule has 20 heavy (non-hydrogen) atoms. The maximum Gasteiger partial charge on any atom is 0.363 e. The summed E-state index contributed by atoms with van der Waals surface area (Å²) in [6.45, 7) is 1.88. The van der Waals surface area contributed by atoms with E-state index in [1.807, 2.05) is 6.07 Å². The van der Waals surface area contributed by atoms with E-state index in [1.54, 1.807) is 31.2 Å². The Bertz CT molecular complexity index is 603. The fraction of sp³-hybridized carbons (Fsp3) is 0.214. The lowest BCUT2D eigenvalue weighted by Gasteiger charge is -2.06. The number of Topliss-reactive ketones (excluding diaryl/α,β-unsaturated/α-hetero) is 1. The number of halogens is 3. The molecule has 0 bridgehead atoms. The minimum Gasteiger partial charge on any atom is -0.465 e. The molecule has 1 heterocycles. The normalized spacial score (nSPS) is 11.4. The van der Waals surface area contributed by atoms with Crippen molar-refractivity contribution in [2.75, 3.05) is 6.61 Å². The van der Waals surface area contributed by atoms with Crippen molar-refractivity contribution in [3.05, 3.63) is 42.0 Å². The van der Waals surface area contributed by atoms with Gasteiger partial charge in [-0.15, -0.1) is 0 Å². The number of ketones is 1. The van der Waals surface area contributed by atoms with Crippen molar-refractivity contribution in [2.45, 2.75) is 11.8 Å². The van der Waals surface area contributed by atoms with Gasteiger partial charge in [-0.1, -0.05) is 30.3 Å². The summed E-state index contributed by atoms with van der Waals surface area (Å²) < 4.78 is 36.7. The second-order valence-corrected chi connectivity index (χ2v) is 4.93. The smallest absolute Gasteiger partial charge is 0.363 e. The predicted octanol–water partition coefficient (Wildman–Crippen LogP) is 4.52. The van der Waals surface area contributed by atoms with E-state index in [9.17, 15) is 13.6 Å². The number of hydrogen-bond donors (Lipinski definition) is 0. The molecule has 0 aliphatic carbocycles. The van der Waals surface area contributed by atoms with Gasteiger partial charge in [-0.3, -0.25) is 4.79 Å². The van der Waals surface area contributed by atoms with Crippen LogP contribution in [-0.4, -0.2) is 17.2 Å². The van der Waals surface area contributed by atoms with Gasteiger partial charge in [0.05, 0.1) is 6.61 Å². The molecule has 0 amide bonds. The van der Waals surface area contributed by atoms with Gasteiger partial charge < -0.3 is 9.15 Å². The molecule has 0 unspecified atom stereocenters. The monoisotopic (exact) mass is 344 g/mol. The number of ether oxygens (including phenoxy) is 1. The Morgan fingerprint density at radius 3 is 2.55 bits per heavy atom. The highest BCUT2D eigenvalue weighted by molar-refractivity contribution is 9.10. The van der Waals surface area contributed by atoms with Crippen LogP contribution in [0.15, 0.2) is 40.8 Å². The van der Waals surface area contributed by atoms with Crippen molar-refractivity contribution in [3.8, 4) is 17.3 Å². The number of rotatable bonds is 5. The summed E-state index contributed by atoms with van der Waals surface area (Å²) in [5.74, 6) is -1.29. The molecule has 0 N–H and O–H groups in total. The van der Waals surface area contributed by atoms with Crippen LogP contribution in [0.25, 0.3) is 11.3 Å². The molecular weight excluding hydrogens is 334 g/mol. The Morgan fingerprint density at radius 2 is 2.00 bits per heavy atom. The lowest BCUT2D eigenvalue weighted by Crippen LogP contribution is -2.20. The molecule has 106 valence electrons. The number of alkyl halides is 3. The number of carbonyl (C=O) groups is 1. The van der Waals surface area contributed by atoms with E-state index in [2.05, 4.69) is 15.9 Å². The lowest BCUT2D eigenvalue weighted by molar-refractivity contribution is 0.0585. The minimum absolute atomic E-state index is 0.199. The molecule has 0 saturated carbocycles. The first-order valence-corrected chi connectivity index (χ1v) is 6.66. The van der Waals surface area contributed by atoms with Crippen LogP contribution in [0, 0.1) is 0 Å².